The number of aliphatic hydroxyl groups is 1. The molecule has 0 atom stereocenters. The highest BCUT2D eigenvalue weighted by atomic mass is 19.1. The third kappa shape index (κ3) is 6.32. The number of carbonyl (C=O) groups excluding carboxylic acids is 1. The molecule has 1 fully saturated rings. The number of nitrogens with zero attached hydrogens (tertiary/aromatic N) is 5. The van der Waals surface area contributed by atoms with Crippen LogP contribution < -0.4 is 11.0 Å². The summed E-state index contributed by atoms with van der Waals surface area (Å²) in [5, 5.41) is 18.7. The molecule has 4 aromatic rings. The van der Waals surface area contributed by atoms with Gasteiger partial charge in [-0.1, -0.05) is 55.8 Å². The van der Waals surface area contributed by atoms with Crippen LogP contribution in [0.2, 0.25) is 0 Å². The van der Waals surface area contributed by atoms with Crippen molar-refractivity contribution in [2.45, 2.75) is 89.9 Å². The van der Waals surface area contributed by atoms with Crippen molar-refractivity contribution in [3.05, 3.63) is 87.3 Å². The number of amides is 1. The van der Waals surface area contributed by atoms with Crippen molar-refractivity contribution >= 4 is 17.4 Å². The van der Waals surface area contributed by atoms with Crippen LogP contribution in [0.5, 0.6) is 0 Å². The van der Waals surface area contributed by atoms with Gasteiger partial charge in [0.05, 0.1) is 36.1 Å². The quantitative estimate of drug-likeness (QED) is 0.266. The average Bonchev–Trinajstić information content (AvgIpc) is 3.68. The van der Waals surface area contributed by atoms with Crippen molar-refractivity contribution in [2.75, 3.05) is 6.61 Å². The lowest BCUT2D eigenvalue weighted by Gasteiger charge is -2.32. The number of fused-ring (bicyclic) bond motifs is 1. The summed E-state index contributed by atoms with van der Waals surface area (Å²) in [5.41, 5.74) is 4.93. The molecule has 6 rings (SSSR count). The van der Waals surface area contributed by atoms with Gasteiger partial charge in [0.1, 0.15) is 12.1 Å². The summed E-state index contributed by atoms with van der Waals surface area (Å²) >= 11 is 0. The number of aryl methyl sites for hydroxylation is 1. The topological polar surface area (TPSA) is 123 Å². The highest BCUT2D eigenvalue weighted by Crippen LogP contribution is 2.33. The molecule has 3 heterocycles. The second-order valence-corrected chi connectivity index (χ2v) is 12.7. The Balaban J connectivity index is 1.41. The SMILES string of the molecule is CCCc1c(Cc2ccc(-c3ccccc3)c(C3=NNC(=O)C3)c2F)c(=O)n(C2CCC(OCC(C)(C)O)CC2)c2ncnn12. The second kappa shape index (κ2) is 12.6. The Labute approximate surface area is 261 Å². The minimum atomic E-state index is -0.906. The summed E-state index contributed by atoms with van der Waals surface area (Å²) in [6.45, 7) is 5.72. The van der Waals surface area contributed by atoms with Crippen molar-refractivity contribution in [2.24, 2.45) is 5.10 Å². The number of hydrogen-bond acceptors (Lipinski definition) is 7. The second-order valence-electron chi connectivity index (χ2n) is 12.7. The zero-order chi connectivity index (χ0) is 31.7. The fourth-order valence-electron chi connectivity index (χ4n) is 6.46. The van der Waals surface area contributed by atoms with Crippen LogP contribution in [0.25, 0.3) is 16.9 Å². The lowest BCUT2D eigenvalue weighted by Crippen LogP contribution is -2.36. The van der Waals surface area contributed by atoms with Gasteiger partial charge in [0.25, 0.3) is 5.56 Å². The monoisotopic (exact) mass is 614 g/mol. The molecule has 11 heteroatoms. The number of hydrogen-bond donors (Lipinski definition) is 2. The largest absolute Gasteiger partial charge is 0.388 e. The first-order valence-corrected chi connectivity index (χ1v) is 15.7. The third-order valence-electron chi connectivity index (χ3n) is 8.60. The molecule has 1 aliphatic heterocycles. The molecule has 1 saturated carbocycles. The fourth-order valence-corrected chi connectivity index (χ4v) is 6.46. The minimum absolute atomic E-state index is 0.00613. The number of hydrazone groups is 1. The van der Waals surface area contributed by atoms with Gasteiger partial charge in [-0.25, -0.2) is 14.3 Å². The van der Waals surface area contributed by atoms with E-state index < -0.39 is 11.4 Å². The van der Waals surface area contributed by atoms with E-state index in [4.69, 9.17) is 4.74 Å². The number of halogens is 1. The predicted molar refractivity (Wildman–Crippen MR) is 169 cm³/mol. The number of aromatic nitrogens is 4. The molecule has 0 radical (unpaired) electrons. The van der Waals surface area contributed by atoms with E-state index in [2.05, 4.69) is 20.6 Å². The molecule has 0 saturated heterocycles. The van der Waals surface area contributed by atoms with Gasteiger partial charge < -0.3 is 9.84 Å². The van der Waals surface area contributed by atoms with E-state index in [1.54, 1.807) is 29.0 Å². The van der Waals surface area contributed by atoms with Gasteiger partial charge in [-0.3, -0.25) is 14.2 Å². The van der Waals surface area contributed by atoms with E-state index in [9.17, 15) is 14.7 Å². The lowest BCUT2D eigenvalue weighted by molar-refractivity contribution is -0.119. The molecule has 0 unspecified atom stereocenters. The molecular formula is C34H39FN6O4. The normalized spacial score (nSPS) is 18.8. The Bertz CT molecular complexity index is 1800. The van der Waals surface area contributed by atoms with Gasteiger partial charge >= 0.3 is 0 Å². The third-order valence-corrected chi connectivity index (χ3v) is 8.60. The fraction of sp³-hybridized carbons (Fsp3) is 0.441. The molecular weight excluding hydrogens is 575 g/mol. The van der Waals surface area contributed by atoms with Gasteiger partial charge in [-0.2, -0.15) is 15.2 Å². The van der Waals surface area contributed by atoms with E-state index in [-0.39, 0.29) is 48.6 Å². The molecule has 1 amide bonds. The Morgan fingerprint density at radius 1 is 1.09 bits per heavy atom. The van der Waals surface area contributed by atoms with E-state index >= 15 is 4.39 Å². The smallest absolute Gasteiger partial charge is 0.259 e. The summed E-state index contributed by atoms with van der Waals surface area (Å²) in [6.07, 6.45) is 5.73. The van der Waals surface area contributed by atoms with Crippen LogP contribution in [0.4, 0.5) is 4.39 Å². The maximum atomic E-state index is 16.6. The Morgan fingerprint density at radius 3 is 2.51 bits per heavy atom. The van der Waals surface area contributed by atoms with E-state index in [0.29, 0.717) is 47.4 Å². The number of benzene rings is 2. The summed E-state index contributed by atoms with van der Waals surface area (Å²) < 4.78 is 26.1. The maximum Gasteiger partial charge on any atom is 0.259 e. The van der Waals surface area contributed by atoms with Crippen molar-refractivity contribution < 1.29 is 19.0 Å². The zero-order valence-corrected chi connectivity index (χ0v) is 25.9. The highest BCUT2D eigenvalue weighted by Gasteiger charge is 2.30. The first-order chi connectivity index (χ1) is 21.6. The summed E-state index contributed by atoms with van der Waals surface area (Å²) in [4.78, 5) is 31.0. The van der Waals surface area contributed by atoms with E-state index in [1.165, 1.54) is 6.33 Å². The summed E-state index contributed by atoms with van der Waals surface area (Å²) in [7, 11) is 0. The van der Waals surface area contributed by atoms with Gasteiger partial charge in [-0.15, -0.1) is 0 Å². The van der Waals surface area contributed by atoms with Crippen molar-refractivity contribution in [1.82, 2.24) is 24.6 Å². The first kappa shape index (κ1) is 30.8. The average molecular weight is 615 g/mol. The van der Waals surface area contributed by atoms with Crippen molar-refractivity contribution in [3.63, 3.8) is 0 Å². The minimum Gasteiger partial charge on any atom is -0.388 e. The Hall–Kier alpha value is -4.22. The molecule has 0 spiro atoms. The van der Waals surface area contributed by atoms with E-state index in [1.807, 2.05) is 43.3 Å². The molecule has 2 aromatic carbocycles. The zero-order valence-electron chi connectivity index (χ0n) is 25.9. The Kier molecular flexibility index (Phi) is 8.65. The molecule has 2 aliphatic rings. The number of rotatable bonds is 10. The van der Waals surface area contributed by atoms with Crippen molar-refractivity contribution in [3.8, 4) is 11.1 Å². The predicted octanol–water partition coefficient (Wildman–Crippen LogP) is 4.74. The molecule has 45 heavy (non-hydrogen) atoms. The molecule has 10 nitrogen and oxygen atoms in total. The molecule has 2 N–H and O–H groups in total. The van der Waals surface area contributed by atoms with Gasteiger partial charge in [-0.05, 0) is 62.6 Å². The highest BCUT2D eigenvalue weighted by molar-refractivity contribution is 6.16. The van der Waals surface area contributed by atoms with Crippen LogP contribution in [-0.4, -0.2) is 54.2 Å². The number of carbonyl (C=O) groups is 1. The van der Waals surface area contributed by atoms with E-state index in [0.717, 1.165) is 30.5 Å². The molecule has 0 bridgehead atoms. The molecule has 1 aliphatic carbocycles. The number of ether oxygens (including phenoxy) is 1. The van der Waals surface area contributed by atoms with Crippen molar-refractivity contribution in [1.29, 1.82) is 0 Å². The van der Waals surface area contributed by atoms with Crippen LogP contribution in [0.1, 0.15) is 87.7 Å². The number of nitrogens with one attached hydrogen (secondary N) is 1. The Morgan fingerprint density at radius 2 is 1.84 bits per heavy atom. The van der Waals surface area contributed by atoms with Crippen LogP contribution in [0.15, 0.2) is 58.7 Å². The van der Waals surface area contributed by atoms with Crippen LogP contribution in [-0.2, 0) is 22.4 Å². The summed E-state index contributed by atoms with van der Waals surface area (Å²) in [5.74, 6) is -0.305. The van der Waals surface area contributed by atoms with Gasteiger partial charge in [0, 0.05) is 23.6 Å². The van der Waals surface area contributed by atoms with Crippen LogP contribution >= 0.6 is 0 Å². The van der Waals surface area contributed by atoms with Gasteiger partial charge in [0.15, 0.2) is 0 Å². The molecule has 2 aromatic heterocycles. The van der Waals surface area contributed by atoms with Crippen LogP contribution in [0.3, 0.4) is 0 Å². The lowest BCUT2D eigenvalue weighted by atomic mass is 9.90. The summed E-state index contributed by atoms with van der Waals surface area (Å²) in [6, 6.07) is 12.9. The maximum absolute atomic E-state index is 16.6. The first-order valence-electron chi connectivity index (χ1n) is 15.7. The standard InChI is InChI=1S/C34H39FN6O4/c1-4-8-28-26(17-22-11-16-25(21-9-6-5-7-10-21)30(31(22)35)27-18-29(42)39-38-27)32(43)40(33-36-20-37-41(28)33)23-12-14-24(15-13-23)45-19-34(2,3)44/h5-7,9-11,16,20,23-24,44H,4,8,12-15,17-19H2,1-3H3,(H,39,42). The van der Waals surface area contributed by atoms with Gasteiger partial charge in [0.2, 0.25) is 11.7 Å². The molecule has 236 valence electrons. The van der Waals surface area contributed by atoms with Crippen LogP contribution in [0, 0.1) is 5.82 Å².